The molecular formula is C26H26N2O2. The van der Waals surface area contributed by atoms with Crippen molar-refractivity contribution >= 4 is 11.8 Å². The van der Waals surface area contributed by atoms with Gasteiger partial charge in [-0.15, -0.1) is 0 Å². The molecule has 0 radical (unpaired) electrons. The molecule has 30 heavy (non-hydrogen) atoms. The van der Waals surface area contributed by atoms with E-state index < -0.39 is 0 Å². The summed E-state index contributed by atoms with van der Waals surface area (Å²) in [6, 6.07) is 27.8. The maximum absolute atomic E-state index is 13.1. The summed E-state index contributed by atoms with van der Waals surface area (Å²) in [5.41, 5.74) is 4.07. The highest BCUT2D eigenvalue weighted by atomic mass is 16.2. The fourth-order valence-electron chi connectivity index (χ4n) is 4.09. The smallest absolute Gasteiger partial charge is 0.253 e. The first-order valence-corrected chi connectivity index (χ1v) is 10.4. The number of carbonyl (C=O) groups is 2. The van der Waals surface area contributed by atoms with Gasteiger partial charge in [-0.05, 0) is 35.2 Å². The Balaban J connectivity index is 1.61. The van der Waals surface area contributed by atoms with Crippen LogP contribution in [0.1, 0.15) is 15.9 Å². The molecule has 4 heteroatoms. The summed E-state index contributed by atoms with van der Waals surface area (Å²) >= 11 is 0. The largest absolute Gasteiger partial charge is 0.344 e. The monoisotopic (exact) mass is 398 g/mol. The predicted octanol–water partition coefficient (Wildman–Crippen LogP) is 4.13. The van der Waals surface area contributed by atoms with Crippen molar-refractivity contribution in [2.24, 2.45) is 5.92 Å². The Hall–Kier alpha value is -3.40. The minimum absolute atomic E-state index is 0.0138. The van der Waals surface area contributed by atoms with Crippen molar-refractivity contribution in [3.63, 3.8) is 0 Å². The van der Waals surface area contributed by atoms with Gasteiger partial charge in [0.15, 0.2) is 0 Å². The van der Waals surface area contributed by atoms with E-state index in [0.717, 1.165) is 16.7 Å². The van der Waals surface area contributed by atoms with Gasteiger partial charge in [0.1, 0.15) is 0 Å². The van der Waals surface area contributed by atoms with Crippen LogP contribution in [0.5, 0.6) is 0 Å². The number of benzene rings is 3. The van der Waals surface area contributed by atoms with Crippen LogP contribution in [0.25, 0.3) is 11.1 Å². The molecule has 1 atom stereocenters. The molecule has 1 aliphatic rings. The lowest BCUT2D eigenvalue weighted by Gasteiger charge is -2.24. The third kappa shape index (κ3) is 4.28. The van der Waals surface area contributed by atoms with Crippen LogP contribution in [0.2, 0.25) is 0 Å². The van der Waals surface area contributed by atoms with E-state index in [1.807, 2.05) is 72.6 Å². The standard InChI is InChI=1S/C26H26N2O2/c1-27-16-17-28(26(30)21-12-6-3-7-13-21)19-23(25(27)29)18-22-14-8-9-15-24(22)20-10-4-2-5-11-20/h2-15,23H,16-19H2,1H3/t23-/m1/s1. The van der Waals surface area contributed by atoms with Crippen LogP contribution >= 0.6 is 0 Å². The predicted molar refractivity (Wildman–Crippen MR) is 119 cm³/mol. The van der Waals surface area contributed by atoms with E-state index in [4.69, 9.17) is 0 Å². The third-order valence-electron chi connectivity index (χ3n) is 5.75. The van der Waals surface area contributed by atoms with E-state index in [9.17, 15) is 9.59 Å². The highest BCUT2D eigenvalue weighted by Gasteiger charge is 2.31. The van der Waals surface area contributed by atoms with E-state index in [1.165, 1.54) is 0 Å². The number of carbonyl (C=O) groups excluding carboxylic acids is 2. The van der Waals surface area contributed by atoms with Crippen LogP contribution in [-0.4, -0.2) is 48.3 Å². The van der Waals surface area contributed by atoms with Crippen molar-refractivity contribution in [1.82, 2.24) is 9.80 Å². The lowest BCUT2D eigenvalue weighted by atomic mass is 9.91. The van der Waals surface area contributed by atoms with Gasteiger partial charge in [0.05, 0.1) is 5.92 Å². The molecule has 1 saturated heterocycles. The second-order valence-electron chi connectivity index (χ2n) is 7.80. The van der Waals surface area contributed by atoms with Gasteiger partial charge in [-0.2, -0.15) is 0 Å². The highest BCUT2D eigenvalue weighted by molar-refractivity contribution is 5.95. The van der Waals surface area contributed by atoms with Gasteiger partial charge in [-0.25, -0.2) is 0 Å². The number of hydrogen-bond acceptors (Lipinski definition) is 2. The summed E-state index contributed by atoms with van der Waals surface area (Å²) in [4.78, 5) is 29.7. The second kappa shape index (κ2) is 8.95. The van der Waals surface area contributed by atoms with Crippen molar-refractivity contribution in [1.29, 1.82) is 0 Å². The second-order valence-corrected chi connectivity index (χ2v) is 7.80. The van der Waals surface area contributed by atoms with Crippen molar-refractivity contribution in [2.45, 2.75) is 6.42 Å². The van der Waals surface area contributed by atoms with Crippen LogP contribution in [-0.2, 0) is 11.2 Å². The summed E-state index contributed by atoms with van der Waals surface area (Å²) < 4.78 is 0. The maximum atomic E-state index is 13.1. The van der Waals surface area contributed by atoms with Crippen LogP contribution in [0.15, 0.2) is 84.9 Å². The number of amides is 2. The van der Waals surface area contributed by atoms with Gasteiger partial charge < -0.3 is 9.80 Å². The lowest BCUT2D eigenvalue weighted by molar-refractivity contribution is -0.133. The van der Waals surface area contributed by atoms with Gasteiger partial charge in [0.2, 0.25) is 5.91 Å². The molecule has 2 amide bonds. The molecule has 1 heterocycles. The molecule has 0 aliphatic carbocycles. The van der Waals surface area contributed by atoms with Crippen molar-refractivity contribution in [2.75, 3.05) is 26.7 Å². The van der Waals surface area contributed by atoms with Gasteiger partial charge in [0.25, 0.3) is 5.91 Å². The molecule has 0 spiro atoms. The molecule has 0 unspecified atom stereocenters. The van der Waals surface area contributed by atoms with E-state index in [-0.39, 0.29) is 17.7 Å². The number of hydrogen-bond donors (Lipinski definition) is 0. The first-order valence-electron chi connectivity index (χ1n) is 10.4. The number of rotatable bonds is 4. The Labute approximate surface area is 177 Å². The first-order chi connectivity index (χ1) is 14.6. The highest BCUT2D eigenvalue weighted by Crippen LogP contribution is 2.27. The van der Waals surface area contributed by atoms with Crippen molar-refractivity contribution in [3.8, 4) is 11.1 Å². The minimum atomic E-state index is -0.268. The normalized spacial score (nSPS) is 17.0. The molecule has 3 aromatic rings. The zero-order valence-corrected chi connectivity index (χ0v) is 17.2. The Morgan fingerprint density at radius 1 is 0.867 bits per heavy atom. The molecule has 152 valence electrons. The number of nitrogens with zero attached hydrogens (tertiary/aromatic N) is 2. The summed E-state index contributed by atoms with van der Waals surface area (Å²) in [6.45, 7) is 1.53. The zero-order chi connectivity index (χ0) is 20.9. The molecule has 4 nitrogen and oxygen atoms in total. The van der Waals surface area contributed by atoms with E-state index in [2.05, 4.69) is 24.3 Å². The van der Waals surface area contributed by atoms with Crippen LogP contribution in [0, 0.1) is 5.92 Å². The van der Waals surface area contributed by atoms with Gasteiger partial charge in [-0.1, -0.05) is 72.8 Å². The molecule has 0 aromatic heterocycles. The SMILES string of the molecule is CN1CCN(C(=O)c2ccccc2)C[C@@H](Cc2ccccc2-c2ccccc2)C1=O. The first kappa shape index (κ1) is 19.9. The fourth-order valence-corrected chi connectivity index (χ4v) is 4.09. The molecule has 0 bridgehead atoms. The average molecular weight is 399 g/mol. The molecule has 4 rings (SSSR count). The molecule has 0 saturated carbocycles. The topological polar surface area (TPSA) is 40.6 Å². The quantitative estimate of drug-likeness (QED) is 0.663. The van der Waals surface area contributed by atoms with Crippen LogP contribution < -0.4 is 0 Å². The van der Waals surface area contributed by atoms with E-state index in [0.29, 0.717) is 31.6 Å². The number of likely N-dealkylation sites (N-methyl/N-ethyl adjacent to an activating group) is 1. The Morgan fingerprint density at radius 2 is 1.50 bits per heavy atom. The maximum Gasteiger partial charge on any atom is 0.253 e. The van der Waals surface area contributed by atoms with Gasteiger partial charge in [-0.3, -0.25) is 9.59 Å². The summed E-state index contributed by atoms with van der Waals surface area (Å²) in [5.74, 6) is -0.184. The third-order valence-corrected chi connectivity index (χ3v) is 5.75. The minimum Gasteiger partial charge on any atom is -0.344 e. The molecule has 1 aliphatic heterocycles. The zero-order valence-electron chi connectivity index (χ0n) is 17.2. The molecule has 0 N–H and O–H groups in total. The summed E-state index contributed by atoms with van der Waals surface area (Å²) in [7, 11) is 1.83. The van der Waals surface area contributed by atoms with Crippen LogP contribution in [0.4, 0.5) is 0 Å². The Bertz CT molecular complexity index is 1020. The summed E-state index contributed by atoms with van der Waals surface area (Å²) in [5, 5.41) is 0. The molecule has 1 fully saturated rings. The van der Waals surface area contributed by atoms with Gasteiger partial charge in [0, 0.05) is 32.2 Å². The van der Waals surface area contributed by atoms with E-state index >= 15 is 0 Å². The Kier molecular flexibility index (Phi) is 5.94. The van der Waals surface area contributed by atoms with Crippen molar-refractivity contribution in [3.05, 3.63) is 96.1 Å². The summed E-state index contributed by atoms with van der Waals surface area (Å²) in [6.07, 6.45) is 0.604. The lowest BCUT2D eigenvalue weighted by Crippen LogP contribution is -2.37. The van der Waals surface area contributed by atoms with Gasteiger partial charge >= 0.3 is 0 Å². The van der Waals surface area contributed by atoms with Crippen LogP contribution in [0.3, 0.4) is 0 Å². The average Bonchev–Trinajstić information content (AvgIpc) is 2.94. The van der Waals surface area contributed by atoms with Crippen molar-refractivity contribution < 1.29 is 9.59 Å². The van der Waals surface area contributed by atoms with E-state index in [1.54, 1.807) is 4.90 Å². The fraction of sp³-hybridized carbons (Fsp3) is 0.231. The molecular weight excluding hydrogens is 372 g/mol. The Morgan fingerprint density at radius 3 is 2.23 bits per heavy atom. The molecule has 3 aromatic carbocycles.